The van der Waals surface area contributed by atoms with E-state index in [4.69, 9.17) is 4.42 Å². The summed E-state index contributed by atoms with van der Waals surface area (Å²) in [5.41, 5.74) is 8.25. The fourth-order valence-electron chi connectivity index (χ4n) is 4.89. The second-order valence-electron chi connectivity index (χ2n) is 8.65. The number of aromatic nitrogens is 1. The maximum atomic E-state index is 15.2. The highest BCUT2D eigenvalue weighted by Gasteiger charge is 2.21. The fourth-order valence-corrected chi connectivity index (χ4v) is 4.89. The van der Waals surface area contributed by atoms with Gasteiger partial charge in [-0.25, -0.2) is 8.96 Å². The first-order valence-electron chi connectivity index (χ1n) is 11.4. The van der Waals surface area contributed by atoms with E-state index < -0.39 is 0 Å². The van der Waals surface area contributed by atoms with Gasteiger partial charge < -0.3 is 4.42 Å². The van der Waals surface area contributed by atoms with Gasteiger partial charge in [0.05, 0.1) is 5.56 Å². The van der Waals surface area contributed by atoms with Gasteiger partial charge in [-0.3, -0.25) is 0 Å². The van der Waals surface area contributed by atoms with Crippen molar-refractivity contribution in [2.45, 2.75) is 6.92 Å². The summed E-state index contributed by atoms with van der Waals surface area (Å²) in [6.07, 6.45) is 2.04. The molecule has 2 aromatic heterocycles. The standard InChI is InChI=1S/C31H23FNO/c1-20-24(27-10-6-7-19-33(27)2)16-18-28-29(20)25-15-17-26(32)30(31(25)34-28)23-13-11-22(12-14-23)21-8-4-3-5-9-21/h3-19H,1-2H3/q+1. The Morgan fingerprint density at radius 3 is 2.18 bits per heavy atom. The average Bonchev–Trinajstić information content (AvgIpc) is 3.25. The van der Waals surface area contributed by atoms with Gasteiger partial charge in [-0.05, 0) is 59.5 Å². The smallest absolute Gasteiger partial charge is 0.212 e. The molecule has 4 aromatic carbocycles. The van der Waals surface area contributed by atoms with Crippen molar-refractivity contribution in [2.24, 2.45) is 7.05 Å². The Balaban J connectivity index is 1.54. The Bertz CT molecular complexity index is 1660. The highest BCUT2D eigenvalue weighted by atomic mass is 19.1. The van der Waals surface area contributed by atoms with E-state index in [2.05, 4.69) is 35.8 Å². The van der Waals surface area contributed by atoms with E-state index in [-0.39, 0.29) is 5.82 Å². The molecule has 0 fully saturated rings. The molecule has 2 nitrogen and oxygen atoms in total. The molecule has 0 aliphatic carbocycles. The molecule has 0 bridgehead atoms. The summed E-state index contributed by atoms with van der Waals surface area (Å²) < 4.78 is 23.6. The molecule has 3 heteroatoms. The van der Waals surface area contributed by atoms with Crippen LogP contribution in [0, 0.1) is 12.7 Å². The molecule has 0 aliphatic rings. The van der Waals surface area contributed by atoms with Crippen LogP contribution >= 0.6 is 0 Å². The Hall–Kier alpha value is -4.24. The van der Waals surface area contributed by atoms with Crippen LogP contribution in [-0.2, 0) is 7.05 Å². The topological polar surface area (TPSA) is 17.0 Å². The molecule has 164 valence electrons. The van der Waals surface area contributed by atoms with Crippen LogP contribution in [0.2, 0.25) is 0 Å². The number of furan rings is 1. The number of hydrogen-bond donors (Lipinski definition) is 0. The van der Waals surface area contributed by atoms with Crippen molar-refractivity contribution in [1.29, 1.82) is 0 Å². The monoisotopic (exact) mass is 444 g/mol. The van der Waals surface area contributed by atoms with Crippen molar-refractivity contribution in [3.05, 3.63) is 115 Å². The number of aryl methyl sites for hydroxylation is 2. The van der Waals surface area contributed by atoms with Crippen LogP contribution in [0.15, 0.2) is 108 Å². The summed E-state index contributed by atoms with van der Waals surface area (Å²) in [6, 6.07) is 31.8. The van der Waals surface area contributed by atoms with Gasteiger partial charge in [0.15, 0.2) is 6.20 Å². The maximum absolute atomic E-state index is 15.2. The van der Waals surface area contributed by atoms with Gasteiger partial charge in [0.25, 0.3) is 0 Å². The van der Waals surface area contributed by atoms with E-state index in [1.165, 1.54) is 0 Å². The molecular formula is C31H23FNO+. The van der Waals surface area contributed by atoms with Crippen molar-refractivity contribution >= 4 is 21.9 Å². The molecule has 0 saturated carbocycles. The Labute approximate surface area is 197 Å². The Kier molecular flexibility index (Phi) is 4.77. The largest absolute Gasteiger partial charge is 0.455 e. The molecule has 0 atom stereocenters. The van der Waals surface area contributed by atoms with Gasteiger partial charge in [-0.1, -0.05) is 54.6 Å². The lowest BCUT2D eigenvalue weighted by Crippen LogP contribution is -2.30. The van der Waals surface area contributed by atoms with Crippen molar-refractivity contribution in [3.63, 3.8) is 0 Å². The van der Waals surface area contributed by atoms with Crippen molar-refractivity contribution < 1.29 is 13.4 Å². The van der Waals surface area contributed by atoms with Gasteiger partial charge >= 0.3 is 0 Å². The van der Waals surface area contributed by atoms with E-state index in [1.807, 2.05) is 80.0 Å². The van der Waals surface area contributed by atoms with Crippen molar-refractivity contribution in [3.8, 4) is 33.5 Å². The molecule has 2 heterocycles. The van der Waals surface area contributed by atoms with Crippen molar-refractivity contribution in [1.82, 2.24) is 0 Å². The molecule has 0 saturated heterocycles. The average molecular weight is 445 g/mol. The number of halogens is 1. The summed E-state index contributed by atoms with van der Waals surface area (Å²) in [6.45, 7) is 2.11. The SMILES string of the molecule is Cc1c(-c2cccc[n+]2C)ccc2oc3c(-c4ccc(-c5ccccc5)cc4)c(F)ccc3c12. The van der Waals surface area contributed by atoms with Crippen LogP contribution in [-0.4, -0.2) is 0 Å². The number of benzene rings is 4. The van der Waals surface area contributed by atoms with Gasteiger partial charge in [0, 0.05) is 28.5 Å². The lowest BCUT2D eigenvalue weighted by molar-refractivity contribution is -0.660. The second-order valence-corrected chi connectivity index (χ2v) is 8.65. The van der Waals surface area contributed by atoms with Gasteiger partial charge in [-0.15, -0.1) is 0 Å². The van der Waals surface area contributed by atoms with Crippen molar-refractivity contribution in [2.75, 3.05) is 0 Å². The summed E-state index contributed by atoms with van der Waals surface area (Å²) in [7, 11) is 2.04. The third-order valence-electron chi connectivity index (χ3n) is 6.63. The predicted molar refractivity (Wildman–Crippen MR) is 136 cm³/mol. The zero-order valence-electron chi connectivity index (χ0n) is 19.0. The number of pyridine rings is 1. The van der Waals surface area contributed by atoms with E-state index in [0.29, 0.717) is 11.1 Å². The minimum atomic E-state index is -0.286. The molecule has 0 radical (unpaired) electrons. The highest BCUT2D eigenvalue weighted by molar-refractivity contribution is 6.12. The van der Waals surface area contributed by atoms with E-state index in [0.717, 1.165) is 49.9 Å². The van der Waals surface area contributed by atoms with Gasteiger partial charge in [0.1, 0.15) is 24.0 Å². The lowest BCUT2D eigenvalue weighted by atomic mass is 9.96. The second kappa shape index (κ2) is 7.96. The summed E-state index contributed by atoms with van der Waals surface area (Å²) >= 11 is 0. The molecule has 0 N–H and O–H groups in total. The van der Waals surface area contributed by atoms with Gasteiger partial charge in [-0.2, -0.15) is 0 Å². The first kappa shape index (κ1) is 20.4. The normalized spacial score (nSPS) is 11.4. The van der Waals surface area contributed by atoms with Crippen LogP contribution < -0.4 is 4.57 Å². The summed E-state index contributed by atoms with van der Waals surface area (Å²) in [5.74, 6) is -0.286. The first-order valence-corrected chi connectivity index (χ1v) is 11.4. The van der Waals surface area contributed by atoms with Crippen LogP contribution in [0.1, 0.15) is 5.56 Å². The zero-order chi connectivity index (χ0) is 23.2. The molecular weight excluding hydrogens is 421 g/mol. The van der Waals surface area contributed by atoms with E-state index in [9.17, 15) is 0 Å². The molecule has 0 unspecified atom stereocenters. The maximum Gasteiger partial charge on any atom is 0.212 e. The number of rotatable bonds is 3. The minimum absolute atomic E-state index is 0.286. The van der Waals surface area contributed by atoms with Crippen LogP contribution in [0.25, 0.3) is 55.4 Å². The highest BCUT2D eigenvalue weighted by Crippen LogP contribution is 2.41. The summed E-state index contributed by atoms with van der Waals surface area (Å²) in [5, 5.41) is 1.95. The van der Waals surface area contributed by atoms with E-state index >= 15 is 4.39 Å². The first-order chi connectivity index (χ1) is 16.6. The number of nitrogens with zero attached hydrogens (tertiary/aromatic N) is 1. The molecule has 6 rings (SSSR count). The predicted octanol–water partition coefficient (Wildman–Crippen LogP) is 7.86. The molecule has 0 aliphatic heterocycles. The lowest BCUT2D eigenvalue weighted by Gasteiger charge is -2.07. The number of hydrogen-bond acceptors (Lipinski definition) is 1. The zero-order valence-corrected chi connectivity index (χ0v) is 19.0. The summed E-state index contributed by atoms with van der Waals surface area (Å²) in [4.78, 5) is 0. The van der Waals surface area contributed by atoms with Crippen LogP contribution in [0.5, 0.6) is 0 Å². The quantitative estimate of drug-likeness (QED) is 0.254. The third-order valence-corrected chi connectivity index (χ3v) is 6.63. The fraction of sp³-hybridized carbons (Fsp3) is 0.0645. The van der Waals surface area contributed by atoms with Crippen LogP contribution in [0.3, 0.4) is 0 Å². The minimum Gasteiger partial charge on any atom is -0.455 e. The Morgan fingerprint density at radius 1 is 0.706 bits per heavy atom. The Morgan fingerprint density at radius 2 is 1.41 bits per heavy atom. The van der Waals surface area contributed by atoms with Gasteiger partial charge in [0.2, 0.25) is 5.69 Å². The third kappa shape index (κ3) is 3.20. The molecule has 6 aromatic rings. The van der Waals surface area contributed by atoms with E-state index in [1.54, 1.807) is 6.07 Å². The molecule has 0 amide bonds. The number of fused-ring (bicyclic) bond motifs is 3. The molecule has 34 heavy (non-hydrogen) atoms. The van der Waals surface area contributed by atoms with Crippen LogP contribution in [0.4, 0.5) is 4.39 Å². The molecule has 0 spiro atoms.